The molecule has 19 heavy (non-hydrogen) atoms. The van der Waals surface area contributed by atoms with E-state index < -0.39 is 6.10 Å². The lowest BCUT2D eigenvalue weighted by molar-refractivity contribution is -0.127. The Bertz CT molecular complexity index is 418. The molecule has 1 amide bonds. The minimum absolute atomic E-state index is 0.0548. The molecule has 2 N–H and O–H groups in total. The lowest BCUT2D eigenvalue weighted by Crippen LogP contribution is -2.49. The van der Waals surface area contributed by atoms with Crippen LogP contribution >= 0.6 is 11.8 Å². The van der Waals surface area contributed by atoms with Crippen LogP contribution in [-0.4, -0.2) is 37.9 Å². The summed E-state index contributed by atoms with van der Waals surface area (Å²) in [7, 11) is 0. The highest BCUT2D eigenvalue weighted by Gasteiger charge is 2.20. The normalized spacial score (nSPS) is 16.5. The van der Waals surface area contributed by atoms with Gasteiger partial charge in [-0.1, -0.05) is 0 Å². The molecule has 1 saturated heterocycles. The van der Waals surface area contributed by atoms with Crippen LogP contribution in [0.1, 0.15) is 6.92 Å². The second-order valence-electron chi connectivity index (χ2n) is 4.71. The van der Waals surface area contributed by atoms with Gasteiger partial charge < -0.3 is 15.4 Å². The maximum atomic E-state index is 11.9. The summed E-state index contributed by atoms with van der Waals surface area (Å²) in [5.74, 6) is 1.24. The van der Waals surface area contributed by atoms with Gasteiger partial charge in [-0.2, -0.15) is 0 Å². The maximum Gasteiger partial charge on any atom is 0.260 e. The number of thioether (sulfide) groups is 1. The molecule has 1 aromatic carbocycles. The van der Waals surface area contributed by atoms with E-state index in [1.807, 2.05) is 30.5 Å². The molecule has 1 heterocycles. The number of carbonyl (C=O) groups is 1. The van der Waals surface area contributed by atoms with E-state index in [-0.39, 0.29) is 5.91 Å². The van der Waals surface area contributed by atoms with Gasteiger partial charge in [-0.15, -0.1) is 11.8 Å². The molecule has 1 aromatic rings. The van der Waals surface area contributed by atoms with Crippen LogP contribution in [0.4, 0.5) is 0 Å². The lowest BCUT2D eigenvalue weighted by Gasteiger charge is -2.27. The summed E-state index contributed by atoms with van der Waals surface area (Å²) < 4.78 is 5.62. The van der Waals surface area contributed by atoms with Crippen molar-refractivity contribution in [2.45, 2.75) is 17.9 Å². The number of hydrogen-bond donors (Lipinski definition) is 2. The van der Waals surface area contributed by atoms with Crippen LogP contribution < -0.4 is 15.4 Å². The van der Waals surface area contributed by atoms with Gasteiger partial charge in [0, 0.05) is 30.4 Å². The standard InChI is InChI=1S/C14H20N2O2S/c1-10(14(17)16-9-11-7-15-8-11)18-12-3-5-13(19-2)6-4-12/h3-6,10-11,15H,7-9H2,1-2H3,(H,16,17). The van der Waals surface area contributed by atoms with E-state index in [0.717, 1.165) is 25.4 Å². The minimum atomic E-state index is -0.465. The van der Waals surface area contributed by atoms with E-state index in [1.54, 1.807) is 18.7 Å². The smallest absolute Gasteiger partial charge is 0.260 e. The molecule has 0 aromatic heterocycles. The number of amides is 1. The lowest BCUT2D eigenvalue weighted by atomic mass is 10.0. The SMILES string of the molecule is CSc1ccc(OC(C)C(=O)NCC2CNC2)cc1. The van der Waals surface area contributed by atoms with Crippen molar-refractivity contribution in [3.8, 4) is 5.75 Å². The van der Waals surface area contributed by atoms with Gasteiger partial charge in [-0.3, -0.25) is 4.79 Å². The van der Waals surface area contributed by atoms with Gasteiger partial charge in [0.2, 0.25) is 0 Å². The molecule has 0 radical (unpaired) electrons. The number of nitrogens with one attached hydrogen (secondary N) is 2. The number of ether oxygens (including phenoxy) is 1. The monoisotopic (exact) mass is 280 g/mol. The first kappa shape index (κ1) is 14.2. The molecule has 2 rings (SSSR count). The molecule has 0 spiro atoms. The molecule has 104 valence electrons. The van der Waals surface area contributed by atoms with Gasteiger partial charge in [0.05, 0.1) is 0 Å². The molecule has 0 aliphatic carbocycles. The topological polar surface area (TPSA) is 50.4 Å². The molecule has 1 aliphatic rings. The quantitative estimate of drug-likeness (QED) is 0.776. The summed E-state index contributed by atoms with van der Waals surface area (Å²) in [6, 6.07) is 7.77. The predicted octanol–water partition coefficient (Wildman–Crippen LogP) is 1.51. The number of rotatable bonds is 6. The number of carbonyl (C=O) groups excluding carboxylic acids is 1. The Hall–Kier alpha value is -1.20. The second kappa shape index (κ2) is 6.82. The van der Waals surface area contributed by atoms with E-state index in [1.165, 1.54) is 4.90 Å². The van der Waals surface area contributed by atoms with E-state index >= 15 is 0 Å². The molecule has 1 atom stereocenters. The first-order chi connectivity index (χ1) is 9.19. The number of hydrogen-bond acceptors (Lipinski definition) is 4. The summed E-state index contributed by atoms with van der Waals surface area (Å²) >= 11 is 1.68. The van der Waals surface area contributed by atoms with Crippen molar-refractivity contribution in [1.82, 2.24) is 10.6 Å². The molecular formula is C14H20N2O2S. The van der Waals surface area contributed by atoms with E-state index in [0.29, 0.717) is 5.92 Å². The van der Waals surface area contributed by atoms with Crippen molar-refractivity contribution in [3.63, 3.8) is 0 Å². The van der Waals surface area contributed by atoms with Gasteiger partial charge in [-0.05, 0) is 37.4 Å². The van der Waals surface area contributed by atoms with Crippen LogP contribution in [0, 0.1) is 5.92 Å². The Morgan fingerprint density at radius 3 is 2.68 bits per heavy atom. The zero-order valence-electron chi connectivity index (χ0n) is 11.3. The molecule has 0 saturated carbocycles. The average molecular weight is 280 g/mol. The summed E-state index contributed by atoms with van der Waals surface area (Å²) in [6.45, 7) is 4.49. The van der Waals surface area contributed by atoms with Gasteiger partial charge >= 0.3 is 0 Å². The Morgan fingerprint density at radius 2 is 2.16 bits per heavy atom. The summed E-state index contributed by atoms with van der Waals surface area (Å²) in [6.07, 6.45) is 1.56. The molecule has 4 nitrogen and oxygen atoms in total. The zero-order valence-corrected chi connectivity index (χ0v) is 12.1. The van der Waals surface area contributed by atoms with Crippen LogP contribution in [-0.2, 0) is 4.79 Å². The molecule has 1 unspecified atom stereocenters. The molecule has 1 aliphatic heterocycles. The van der Waals surface area contributed by atoms with Crippen LogP contribution in [0.5, 0.6) is 5.75 Å². The van der Waals surface area contributed by atoms with Crippen molar-refractivity contribution in [1.29, 1.82) is 0 Å². The van der Waals surface area contributed by atoms with Gasteiger partial charge in [-0.25, -0.2) is 0 Å². The largest absolute Gasteiger partial charge is 0.481 e. The molecule has 5 heteroatoms. The third-order valence-electron chi connectivity index (χ3n) is 3.17. The molecular weight excluding hydrogens is 260 g/mol. The van der Waals surface area contributed by atoms with Crippen molar-refractivity contribution < 1.29 is 9.53 Å². The van der Waals surface area contributed by atoms with E-state index in [9.17, 15) is 4.79 Å². The summed E-state index contributed by atoms with van der Waals surface area (Å²) in [5.41, 5.74) is 0. The highest BCUT2D eigenvalue weighted by atomic mass is 32.2. The summed E-state index contributed by atoms with van der Waals surface area (Å²) in [4.78, 5) is 13.0. The van der Waals surface area contributed by atoms with Crippen LogP contribution in [0.25, 0.3) is 0 Å². The van der Waals surface area contributed by atoms with E-state index in [2.05, 4.69) is 10.6 Å². The highest BCUT2D eigenvalue weighted by Crippen LogP contribution is 2.19. The van der Waals surface area contributed by atoms with Crippen molar-refractivity contribution >= 4 is 17.7 Å². The maximum absolute atomic E-state index is 11.9. The minimum Gasteiger partial charge on any atom is -0.481 e. The predicted molar refractivity (Wildman–Crippen MR) is 77.7 cm³/mol. The Kier molecular flexibility index (Phi) is 5.10. The fourth-order valence-corrected chi connectivity index (χ4v) is 2.20. The van der Waals surface area contributed by atoms with Crippen LogP contribution in [0.2, 0.25) is 0 Å². The Morgan fingerprint density at radius 1 is 1.47 bits per heavy atom. The Labute approximate surface area is 118 Å². The van der Waals surface area contributed by atoms with Gasteiger partial charge in [0.15, 0.2) is 6.10 Å². The van der Waals surface area contributed by atoms with Crippen LogP contribution in [0.3, 0.4) is 0 Å². The van der Waals surface area contributed by atoms with E-state index in [4.69, 9.17) is 4.74 Å². The fraction of sp³-hybridized carbons (Fsp3) is 0.500. The highest BCUT2D eigenvalue weighted by molar-refractivity contribution is 7.98. The van der Waals surface area contributed by atoms with Gasteiger partial charge in [0.1, 0.15) is 5.75 Å². The van der Waals surface area contributed by atoms with Crippen molar-refractivity contribution in [2.24, 2.45) is 5.92 Å². The third kappa shape index (κ3) is 4.14. The third-order valence-corrected chi connectivity index (χ3v) is 3.92. The fourth-order valence-electron chi connectivity index (χ4n) is 1.79. The average Bonchev–Trinajstić information content (AvgIpc) is 2.37. The first-order valence-corrected chi connectivity index (χ1v) is 7.70. The second-order valence-corrected chi connectivity index (χ2v) is 5.58. The summed E-state index contributed by atoms with van der Waals surface area (Å²) in [5, 5.41) is 6.10. The zero-order chi connectivity index (χ0) is 13.7. The first-order valence-electron chi connectivity index (χ1n) is 6.48. The van der Waals surface area contributed by atoms with Crippen molar-refractivity contribution in [3.05, 3.63) is 24.3 Å². The number of benzene rings is 1. The molecule has 0 bridgehead atoms. The Balaban J connectivity index is 1.77. The van der Waals surface area contributed by atoms with Crippen LogP contribution in [0.15, 0.2) is 29.2 Å². The van der Waals surface area contributed by atoms with Crippen molar-refractivity contribution in [2.75, 3.05) is 25.9 Å². The van der Waals surface area contributed by atoms with Gasteiger partial charge in [0.25, 0.3) is 5.91 Å². The molecule has 1 fully saturated rings.